The molecule has 0 fully saturated rings. The van der Waals surface area contributed by atoms with Crippen molar-refractivity contribution >= 4 is 11.8 Å². The molecular formula is C21H21N3O2S. The third kappa shape index (κ3) is 5.11. The summed E-state index contributed by atoms with van der Waals surface area (Å²) >= 11 is 1.44. The Kier molecular flexibility index (Phi) is 5.82. The first-order valence-electron chi connectivity index (χ1n) is 8.66. The molecule has 6 heteroatoms. The number of ether oxygens (including phenoxy) is 1. The highest BCUT2D eigenvalue weighted by molar-refractivity contribution is 7.99. The van der Waals surface area contributed by atoms with Crippen molar-refractivity contribution in [1.29, 1.82) is 5.26 Å². The fourth-order valence-corrected chi connectivity index (χ4v) is 3.02. The van der Waals surface area contributed by atoms with E-state index in [4.69, 9.17) is 14.4 Å². The summed E-state index contributed by atoms with van der Waals surface area (Å²) in [6.07, 6.45) is 0. The van der Waals surface area contributed by atoms with E-state index in [1.165, 1.54) is 17.3 Å². The predicted molar refractivity (Wildman–Crippen MR) is 106 cm³/mol. The lowest BCUT2D eigenvalue weighted by molar-refractivity contribution is 0.343. The number of rotatable bonds is 6. The second-order valence-electron chi connectivity index (χ2n) is 7.04. The van der Waals surface area contributed by atoms with Crippen LogP contribution in [0.5, 0.6) is 5.75 Å². The SMILES string of the molecule is CC(C)(C)c1ccc(-c2nnc(SCCOc3cccc(C#N)c3)o2)cc1. The van der Waals surface area contributed by atoms with Gasteiger partial charge < -0.3 is 9.15 Å². The Morgan fingerprint density at radius 2 is 1.89 bits per heavy atom. The van der Waals surface area contributed by atoms with Gasteiger partial charge >= 0.3 is 0 Å². The number of hydrogen-bond acceptors (Lipinski definition) is 6. The van der Waals surface area contributed by atoms with Crippen LogP contribution in [0.15, 0.2) is 58.2 Å². The monoisotopic (exact) mass is 379 g/mol. The van der Waals surface area contributed by atoms with Crippen molar-refractivity contribution in [1.82, 2.24) is 10.2 Å². The van der Waals surface area contributed by atoms with Gasteiger partial charge in [-0.2, -0.15) is 5.26 Å². The maximum absolute atomic E-state index is 8.90. The summed E-state index contributed by atoms with van der Waals surface area (Å²) in [6.45, 7) is 7.03. The third-order valence-corrected chi connectivity index (χ3v) is 4.73. The Hall–Kier alpha value is -2.78. The molecule has 1 aromatic heterocycles. The molecule has 0 radical (unpaired) electrons. The molecule has 0 bridgehead atoms. The van der Waals surface area contributed by atoms with Crippen molar-refractivity contribution < 1.29 is 9.15 Å². The molecule has 138 valence electrons. The first kappa shape index (κ1) is 19.0. The highest BCUT2D eigenvalue weighted by atomic mass is 32.2. The predicted octanol–water partition coefficient (Wildman–Crippen LogP) is 5.08. The summed E-state index contributed by atoms with van der Waals surface area (Å²) in [4.78, 5) is 0. The van der Waals surface area contributed by atoms with Crippen molar-refractivity contribution in [3.63, 3.8) is 0 Å². The molecule has 0 saturated heterocycles. The Labute approximate surface area is 163 Å². The zero-order chi connectivity index (χ0) is 19.3. The van der Waals surface area contributed by atoms with Crippen LogP contribution >= 0.6 is 11.8 Å². The fraction of sp³-hybridized carbons (Fsp3) is 0.286. The molecule has 0 saturated carbocycles. The van der Waals surface area contributed by atoms with Gasteiger partial charge in [-0.3, -0.25) is 0 Å². The average Bonchev–Trinajstić information content (AvgIpc) is 3.14. The maximum Gasteiger partial charge on any atom is 0.276 e. The van der Waals surface area contributed by atoms with Gasteiger partial charge in [0.25, 0.3) is 5.22 Å². The van der Waals surface area contributed by atoms with Crippen LogP contribution in [0.3, 0.4) is 0 Å². The van der Waals surface area contributed by atoms with Gasteiger partial charge in [-0.1, -0.05) is 50.7 Å². The topological polar surface area (TPSA) is 71.9 Å². The maximum atomic E-state index is 8.90. The van der Waals surface area contributed by atoms with E-state index in [1.54, 1.807) is 18.2 Å². The van der Waals surface area contributed by atoms with Crippen LogP contribution in [0.4, 0.5) is 0 Å². The van der Waals surface area contributed by atoms with Gasteiger partial charge in [0.2, 0.25) is 5.89 Å². The van der Waals surface area contributed by atoms with E-state index in [-0.39, 0.29) is 5.41 Å². The minimum Gasteiger partial charge on any atom is -0.493 e. The lowest BCUT2D eigenvalue weighted by Crippen LogP contribution is -2.10. The number of nitriles is 1. The summed E-state index contributed by atoms with van der Waals surface area (Å²) in [5.41, 5.74) is 2.87. The van der Waals surface area contributed by atoms with Gasteiger partial charge in [0.1, 0.15) is 5.75 Å². The van der Waals surface area contributed by atoms with Crippen molar-refractivity contribution in [3.05, 3.63) is 59.7 Å². The molecule has 0 aliphatic carbocycles. The molecule has 1 heterocycles. The number of thioether (sulfide) groups is 1. The zero-order valence-electron chi connectivity index (χ0n) is 15.6. The van der Waals surface area contributed by atoms with Crippen LogP contribution in [0.1, 0.15) is 31.9 Å². The van der Waals surface area contributed by atoms with Gasteiger partial charge in [0.05, 0.1) is 18.2 Å². The molecule has 27 heavy (non-hydrogen) atoms. The smallest absolute Gasteiger partial charge is 0.276 e. The van der Waals surface area contributed by atoms with Crippen LogP contribution in [0.25, 0.3) is 11.5 Å². The summed E-state index contributed by atoms with van der Waals surface area (Å²) in [7, 11) is 0. The molecule has 0 N–H and O–H groups in total. The van der Waals surface area contributed by atoms with Gasteiger partial charge in [0, 0.05) is 11.3 Å². The van der Waals surface area contributed by atoms with E-state index in [0.717, 1.165) is 5.56 Å². The molecular weight excluding hydrogens is 358 g/mol. The number of hydrogen-bond donors (Lipinski definition) is 0. The molecule has 5 nitrogen and oxygen atoms in total. The fourth-order valence-electron chi connectivity index (χ4n) is 2.44. The molecule has 0 unspecified atom stereocenters. The second kappa shape index (κ2) is 8.28. The number of aromatic nitrogens is 2. The van der Waals surface area contributed by atoms with E-state index in [0.29, 0.717) is 34.8 Å². The van der Waals surface area contributed by atoms with E-state index in [9.17, 15) is 0 Å². The van der Waals surface area contributed by atoms with Crippen molar-refractivity contribution in [2.24, 2.45) is 0 Å². The molecule has 3 aromatic rings. The molecule has 0 aliphatic heterocycles. The number of benzene rings is 2. The van der Waals surface area contributed by atoms with Gasteiger partial charge in [-0.15, -0.1) is 10.2 Å². The lowest BCUT2D eigenvalue weighted by atomic mass is 9.87. The Balaban J connectivity index is 1.53. The standard InChI is InChI=1S/C21H21N3O2S/c1-21(2,3)17-9-7-16(8-10-17)19-23-24-20(26-19)27-12-11-25-18-6-4-5-15(13-18)14-22/h4-10,13H,11-12H2,1-3H3. The van der Waals surface area contributed by atoms with Crippen LogP contribution < -0.4 is 4.74 Å². The van der Waals surface area contributed by atoms with Crippen LogP contribution in [0.2, 0.25) is 0 Å². The highest BCUT2D eigenvalue weighted by Gasteiger charge is 2.14. The molecule has 0 amide bonds. The number of nitrogens with zero attached hydrogens (tertiary/aromatic N) is 3. The summed E-state index contributed by atoms with van der Waals surface area (Å²) in [5.74, 6) is 1.86. The minimum atomic E-state index is 0.112. The van der Waals surface area contributed by atoms with E-state index >= 15 is 0 Å². The average molecular weight is 379 g/mol. The third-order valence-electron chi connectivity index (χ3n) is 3.95. The first-order valence-corrected chi connectivity index (χ1v) is 9.64. The quantitative estimate of drug-likeness (QED) is 0.439. The second-order valence-corrected chi connectivity index (χ2v) is 8.08. The van der Waals surface area contributed by atoms with Crippen molar-refractivity contribution in [3.8, 4) is 23.3 Å². The van der Waals surface area contributed by atoms with E-state index in [2.05, 4.69) is 49.2 Å². The van der Waals surface area contributed by atoms with Crippen LogP contribution in [0, 0.1) is 11.3 Å². The molecule has 0 aliphatic rings. The Bertz CT molecular complexity index is 937. The molecule has 2 aromatic carbocycles. The first-order chi connectivity index (χ1) is 13.0. The Morgan fingerprint density at radius 3 is 2.59 bits per heavy atom. The van der Waals surface area contributed by atoms with Gasteiger partial charge in [-0.05, 0) is 41.3 Å². The normalized spacial score (nSPS) is 11.2. The largest absolute Gasteiger partial charge is 0.493 e. The van der Waals surface area contributed by atoms with Crippen molar-refractivity contribution in [2.75, 3.05) is 12.4 Å². The van der Waals surface area contributed by atoms with E-state index in [1.807, 2.05) is 18.2 Å². The van der Waals surface area contributed by atoms with Crippen LogP contribution in [-0.4, -0.2) is 22.6 Å². The molecule has 0 spiro atoms. The molecule has 0 atom stereocenters. The van der Waals surface area contributed by atoms with Crippen LogP contribution in [-0.2, 0) is 5.41 Å². The summed E-state index contributed by atoms with van der Waals surface area (Å²) in [5, 5.41) is 17.6. The van der Waals surface area contributed by atoms with Gasteiger partial charge in [-0.25, -0.2) is 0 Å². The Morgan fingerprint density at radius 1 is 1.11 bits per heavy atom. The molecule has 3 rings (SSSR count). The summed E-state index contributed by atoms with van der Waals surface area (Å²) < 4.78 is 11.4. The minimum absolute atomic E-state index is 0.112. The van der Waals surface area contributed by atoms with E-state index < -0.39 is 0 Å². The summed E-state index contributed by atoms with van der Waals surface area (Å²) in [6, 6.07) is 17.4. The van der Waals surface area contributed by atoms with Crippen molar-refractivity contribution in [2.45, 2.75) is 31.4 Å². The van der Waals surface area contributed by atoms with Gasteiger partial charge in [0.15, 0.2) is 0 Å². The highest BCUT2D eigenvalue weighted by Crippen LogP contribution is 2.27. The lowest BCUT2D eigenvalue weighted by Gasteiger charge is -2.18. The zero-order valence-corrected chi connectivity index (χ0v) is 16.4.